The molecule has 1 aliphatic heterocycles. The Bertz CT molecular complexity index is 1030. The van der Waals surface area contributed by atoms with Gasteiger partial charge in [0.15, 0.2) is 25.7 Å². The molecule has 1 fully saturated rings. The first-order chi connectivity index (χ1) is 15.4. The molecule has 0 aromatic carbocycles. The van der Waals surface area contributed by atoms with E-state index in [0.717, 1.165) is 6.42 Å². The minimum absolute atomic E-state index is 0.0159. The fourth-order valence-corrected chi connectivity index (χ4v) is 6.08. The number of aromatic nitrogens is 4. The van der Waals surface area contributed by atoms with E-state index in [1.165, 1.54) is 0 Å². The predicted octanol–water partition coefficient (Wildman–Crippen LogP) is 6.13. The standard InChI is InChI=1S/C24H45N5O3Si2/c1-13-16-15(2)18(31-33(9,10)23(3,4)5)21(30-16)29-14-26-17-19(29)27-22(25)28-20(17)32-34(11,12)24(6,7)8/h14-16,18,21H,13H2,1-12H3,(H2,25,27,28)/t15?,16-,18+,21-/m1/s1. The summed E-state index contributed by atoms with van der Waals surface area (Å²) in [6.07, 6.45) is 2.34. The van der Waals surface area contributed by atoms with Gasteiger partial charge in [0, 0.05) is 5.92 Å². The summed E-state index contributed by atoms with van der Waals surface area (Å²) in [7, 11) is -4.19. The van der Waals surface area contributed by atoms with Crippen LogP contribution in [-0.4, -0.2) is 48.4 Å². The molecule has 3 heterocycles. The normalized spacial score (nSPS) is 24.7. The molecule has 4 atom stereocenters. The van der Waals surface area contributed by atoms with Crippen molar-refractivity contribution in [2.24, 2.45) is 5.92 Å². The van der Waals surface area contributed by atoms with Gasteiger partial charge in [0.1, 0.15) is 0 Å². The van der Waals surface area contributed by atoms with Gasteiger partial charge in [-0.1, -0.05) is 55.4 Å². The van der Waals surface area contributed by atoms with Crippen LogP contribution in [0.1, 0.15) is 68.0 Å². The lowest BCUT2D eigenvalue weighted by atomic mass is 9.99. The third-order valence-electron chi connectivity index (χ3n) is 8.18. The van der Waals surface area contributed by atoms with Gasteiger partial charge in [0.25, 0.3) is 8.32 Å². The molecule has 8 nitrogen and oxygen atoms in total. The van der Waals surface area contributed by atoms with Crippen LogP contribution in [0.5, 0.6) is 5.88 Å². The summed E-state index contributed by atoms with van der Waals surface area (Å²) in [5.41, 5.74) is 7.40. The third-order valence-corrected chi connectivity index (χ3v) is 17.0. The van der Waals surface area contributed by atoms with Crippen LogP contribution in [0.3, 0.4) is 0 Å². The molecule has 10 heteroatoms. The Morgan fingerprint density at radius 1 is 1.03 bits per heavy atom. The van der Waals surface area contributed by atoms with Gasteiger partial charge in [-0.25, -0.2) is 4.98 Å². The molecule has 3 rings (SSSR count). The lowest BCUT2D eigenvalue weighted by Crippen LogP contribution is -2.46. The van der Waals surface area contributed by atoms with Crippen molar-refractivity contribution < 1.29 is 13.6 Å². The zero-order chi connectivity index (χ0) is 25.9. The molecule has 0 radical (unpaired) electrons. The minimum Gasteiger partial charge on any atom is -0.529 e. The summed E-state index contributed by atoms with van der Waals surface area (Å²) in [5.74, 6) is 0.861. The van der Waals surface area contributed by atoms with E-state index in [9.17, 15) is 0 Å². The highest BCUT2D eigenvalue weighted by Crippen LogP contribution is 2.45. The highest BCUT2D eigenvalue weighted by Gasteiger charge is 2.49. The first-order valence-corrected chi connectivity index (χ1v) is 18.2. The van der Waals surface area contributed by atoms with E-state index in [2.05, 4.69) is 96.5 Å². The first-order valence-electron chi connectivity index (χ1n) is 12.4. The fourth-order valence-electron chi connectivity index (χ4n) is 3.78. The van der Waals surface area contributed by atoms with E-state index in [4.69, 9.17) is 19.3 Å². The Balaban J connectivity index is 2.07. The number of ether oxygens (including phenoxy) is 1. The molecule has 1 unspecified atom stereocenters. The van der Waals surface area contributed by atoms with Gasteiger partial charge in [-0.15, -0.1) is 0 Å². The Kier molecular flexibility index (Phi) is 7.07. The number of hydrogen-bond acceptors (Lipinski definition) is 7. The van der Waals surface area contributed by atoms with Crippen LogP contribution < -0.4 is 10.2 Å². The molecule has 0 amide bonds. The van der Waals surface area contributed by atoms with Gasteiger partial charge in [0.05, 0.1) is 18.5 Å². The quantitative estimate of drug-likeness (QED) is 0.470. The summed E-state index contributed by atoms with van der Waals surface area (Å²) in [4.78, 5) is 13.7. The van der Waals surface area contributed by atoms with Crippen molar-refractivity contribution in [3.63, 3.8) is 0 Å². The second-order valence-corrected chi connectivity index (χ2v) is 22.2. The van der Waals surface area contributed by atoms with Crippen molar-refractivity contribution >= 4 is 33.7 Å². The average Bonchev–Trinajstić information content (AvgIpc) is 3.21. The monoisotopic (exact) mass is 507 g/mol. The number of fused-ring (bicyclic) bond motifs is 1. The number of nitrogen functional groups attached to an aromatic ring is 1. The maximum atomic E-state index is 6.94. The van der Waals surface area contributed by atoms with Gasteiger partial charge in [-0.2, -0.15) is 9.97 Å². The highest BCUT2D eigenvalue weighted by atomic mass is 28.4. The van der Waals surface area contributed by atoms with E-state index in [1.807, 2.05) is 4.57 Å². The summed E-state index contributed by atoms with van der Waals surface area (Å²) in [6, 6.07) is 0. The van der Waals surface area contributed by atoms with Crippen LogP contribution in [0, 0.1) is 5.92 Å². The molecule has 2 aromatic rings. The number of rotatable bonds is 6. The average molecular weight is 508 g/mol. The molecule has 0 spiro atoms. The van der Waals surface area contributed by atoms with Crippen molar-refractivity contribution in [3.05, 3.63) is 6.33 Å². The molecule has 0 saturated carbocycles. The summed E-state index contributed by atoms with van der Waals surface area (Å²) < 4.78 is 22.0. The number of anilines is 1. The molecule has 1 saturated heterocycles. The fraction of sp³-hybridized carbons (Fsp3) is 0.792. The van der Waals surface area contributed by atoms with E-state index in [-0.39, 0.29) is 40.4 Å². The molecule has 192 valence electrons. The van der Waals surface area contributed by atoms with E-state index in [1.54, 1.807) is 6.33 Å². The lowest BCUT2D eigenvalue weighted by Gasteiger charge is -2.40. The summed E-state index contributed by atoms with van der Waals surface area (Å²) in [5, 5.41) is 0.109. The van der Waals surface area contributed by atoms with Gasteiger partial charge in [-0.05, 0) is 42.7 Å². The molecular weight excluding hydrogens is 462 g/mol. The molecule has 0 bridgehead atoms. The van der Waals surface area contributed by atoms with Crippen LogP contribution in [0.15, 0.2) is 6.33 Å². The first kappa shape index (κ1) is 27.1. The zero-order valence-electron chi connectivity index (χ0n) is 23.2. The SMILES string of the molecule is CC[C@H]1O[C@@H](n2cnc3c(O[Si](C)(C)C(C)(C)C)nc(N)nc32)[C@@H](O[Si](C)(C)C(C)(C)C)C1C. The Morgan fingerprint density at radius 3 is 2.15 bits per heavy atom. The van der Waals surface area contributed by atoms with Crippen molar-refractivity contribution in [2.75, 3.05) is 5.73 Å². The minimum atomic E-state index is -2.15. The van der Waals surface area contributed by atoms with E-state index in [0.29, 0.717) is 17.0 Å². The maximum Gasteiger partial charge on any atom is 0.252 e. The van der Waals surface area contributed by atoms with Crippen LogP contribution in [0.25, 0.3) is 11.2 Å². The van der Waals surface area contributed by atoms with Gasteiger partial charge < -0.3 is 19.3 Å². The number of nitrogens with zero attached hydrogens (tertiary/aromatic N) is 4. The molecule has 34 heavy (non-hydrogen) atoms. The third kappa shape index (κ3) is 4.91. The second-order valence-electron chi connectivity index (χ2n) is 12.7. The molecule has 2 N–H and O–H groups in total. The predicted molar refractivity (Wildman–Crippen MR) is 143 cm³/mol. The number of imidazole rings is 1. The number of nitrogens with two attached hydrogens (primary N) is 1. The van der Waals surface area contributed by atoms with Gasteiger partial charge in [-0.3, -0.25) is 4.57 Å². The number of hydrogen-bond donors (Lipinski definition) is 1. The van der Waals surface area contributed by atoms with Crippen molar-refractivity contribution in [3.8, 4) is 5.88 Å². The zero-order valence-corrected chi connectivity index (χ0v) is 25.2. The maximum absolute atomic E-state index is 6.94. The van der Waals surface area contributed by atoms with Crippen molar-refractivity contribution in [1.82, 2.24) is 19.5 Å². The summed E-state index contributed by atoms with van der Waals surface area (Å²) in [6.45, 7) is 26.7. The van der Waals surface area contributed by atoms with Crippen molar-refractivity contribution in [1.29, 1.82) is 0 Å². The smallest absolute Gasteiger partial charge is 0.252 e. The second kappa shape index (κ2) is 8.86. The Labute approximate surface area is 207 Å². The largest absolute Gasteiger partial charge is 0.529 e. The van der Waals surface area contributed by atoms with Crippen molar-refractivity contribution in [2.45, 2.75) is 117 Å². The molecule has 0 aliphatic carbocycles. The van der Waals surface area contributed by atoms with E-state index >= 15 is 0 Å². The Hall–Kier alpha value is -1.50. The van der Waals surface area contributed by atoms with Crippen LogP contribution >= 0.6 is 0 Å². The Morgan fingerprint density at radius 2 is 1.62 bits per heavy atom. The summed E-state index contributed by atoms with van der Waals surface area (Å²) >= 11 is 0. The van der Waals surface area contributed by atoms with Gasteiger partial charge in [0.2, 0.25) is 11.8 Å². The molecule has 2 aromatic heterocycles. The molecule has 1 aliphatic rings. The van der Waals surface area contributed by atoms with Crippen LogP contribution in [-0.2, 0) is 9.16 Å². The lowest BCUT2D eigenvalue weighted by molar-refractivity contribution is -0.0321. The molecular formula is C24H45N5O3Si2. The van der Waals surface area contributed by atoms with E-state index < -0.39 is 16.6 Å². The van der Waals surface area contributed by atoms with Crippen LogP contribution in [0.4, 0.5) is 5.95 Å². The highest BCUT2D eigenvalue weighted by molar-refractivity contribution is 6.75. The van der Waals surface area contributed by atoms with Gasteiger partial charge >= 0.3 is 0 Å². The topological polar surface area (TPSA) is 97.3 Å². The van der Waals surface area contributed by atoms with Crippen LogP contribution in [0.2, 0.25) is 36.3 Å².